The number of rotatable bonds is 4. The van der Waals surface area contributed by atoms with Crippen LogP contribution in [0.4, 0.5) is 0 Å². The number of aromatic nitrogens is 2. The molecule has 1 heterocycles. The number of aromatic amines is 1. The van der Waals surface area contributed by atoms with Crippen molar-refractivity contribution in [2.75, 3.05) is 0 Å². The van der Waals surface area contributed by atoms with E-state index in [9.17, 15) is 14.8 Å². The third-order valence-electron chi connectivity index (χ3n) is 3.59. The Morgan fingerprint density at radius 3 is 2.64 bits per heavy atom. The lowest BCUT2D eigenvalue weighted by atomic mass is 9.78. The second-order valence-electron chi connectivity index (χ2n) is 5.85. The van der Waals surface area contributed by atoms with Crippen LogP contribution in [0, 0.1) is 0 Å². The molecule has 0 aliphatic heterocycles. The lowest BCUT2D eigenvalue weighted by molar-refractivity contribution is 0.242. The molecular formula is C17H16BBrN2O4. The summed E-state index contributed by atoms with van der Waals surface area (Å²) in [6.07, 6.45) is -0.141. The molecule has 2 aromatic carbocycles. The molecule has 0 fully saturated rings. The first-order valence-corrected chi connectivity index (χ1v) is 8.51. The molecule has 0 saturated heterocycles. The molecule has 0 spiro atoms. The highest BCUT2D eigenvalue weighted by Crippen LogP contribution is 2.29. The first kappa shape index (κ1) is 17.7. The van der Waals surface area contributed by atoms with Crippen LogP contribution in [0.15, 0.2) is 45.7 Å². The number of nitrogens with zero attached hydrogens (tertiary/aromatic N) is 1. The van der Waals surface area contributed by atoms with E-state index in [-0.39, 0.29) is 17.1 Å². The van der Waals surface area contributed by atoms with Crippen molar-refractivity contribution in [3.05, 3.63) is 51.2 Å². The minimum atomic E-state index is -1.72. The maximum Gasteiger partial charge on any atom is 0.492 e. The maximum absolute atomic E-state index is 12.3. The molecule has 0 bridgehead atoms. The van der Waals surface area contributed by atoms with Gasteiger partial charge in [0.1, 0.15) is 11.6 Å². The summed E-state index contributed by atoms with van der Waals surface area (Å²) in [6.45, 7) is 3.69. The van der Waals surface area contributed by atoms with E-state index in [0.29, 0.717) is 32.5 Å². The fraction of sp³-hybridized carbons (Fsp3) is 0.176. The molecule has 0 radical (unpaired) electrons. The quantitative estimate of drug-likeness (QED) is 0.578. The van der Waals surface area contributed by atoms with Gasteiger partial charge in [-0.1, -0.05) is 12.1 Å². The van der Waals surface area contributed by atoms with Crippen LogP contribution in [0.3, 0.4) is 0 Å². The smallest absolute Gasteiger partial charge is 0.490 e. The lowest BCUT2D eigenvalue weighted by Crippen LogP contribution is -2.33. The van der Waals surface area contributed by atoms with Crippen LogP contribution < -0.4 is 15.8 Å². The molecule has 8 heteroatoms. The maximum atomic E-state index is 12.3. The van der Waals surface area contributed by atoms with Crippen molar-refractivity contribution in [1.82, 2.24) is 9.97 Å². The molecule has 0 aliphatic carbocycles. The van der Waals surface area contributed by atoms with E-state index < -0.39 is 7.12 Å². The van der Waals surface area contributed by atoms with E-state index in [0.717, 1.165) is 0 Å². The van der Waals surface area contributed by atoms with Gasteiger partial charge in [0.05, 0.1) is 21.5 Å². The molecule has 0 atom stereocenters. The van der Waals surface area contributed by atoms with Gasteiger partial charge in [0, 0.05) is 11.0 Å². The number of fused-ring (bicyclic) bond motifs is 1. The third-order valence-corrected chi connectivity index (χ3v) is 4.18. The molecule has 0 amide bonds. The standard InChI is InChI=1S/C17H16BBrN2O4/c1-9(2)25-15-12(18(23)24)7-10(8-13(15)19)16-20-14-6-4-3-5-11(14)17(22)21-16/h3-9,23-24H,1-2H3,(H,20,21,22). The third kappa shape index (κ3) is 3.61. The Bertz CT molecular complexity index is 988. The number of halogens is 1. The van der Waals surface area contributed by atoms with Crippen LogP contribution in [0.2, 0.25) is 0 Å². The summed E-state index contributed by atoms with van der Waals surface area (Å²) in [7, 11) is -1.72. The van der Waals surface area contributed by atoms with Gasteiger partial charge in [0.2, 0.25) is 0 Å². The molecule has 0 aliphatic rings. The predicted octanol–water partition coefficient (Wildman–Crippen LogP) is 1.82. The molecule has 1 aromatic heterocycles. The Hall–Kier alpha value is -2.16. The van der Waals surface area contributed by atoms with Gasteiger partial charge in [-0.05, 0) is 54.0 Å². The molecule has 25 heavy (non-hydrogen) atoms. The zero-order valence-electron chi connectivity index (χ0n) is 13.7. The van der Waals surface area contributed by atoms with Gasteiger partial charge >= 0.3 is 7.12 Å². The number of nitrogens with one attached hydrogen (secondary N) is 1. The van der Waals surface area contributed by atoms with Gasteiger partial charge < -0.3 is 19.8 Å². The topological polar surface area (TPSA) is 95.4 Å². The molecule has 128 valence electrons. The van der Waals surface area contributed by atoms with E-state index >= 15 is 0 Å². The summed E-state index contributed by atoms with van der Waals surface area (Å²) in [5.74, 6) is 0.680. The fourth-order valence-electron chi connectivity index (χ4n) is 2.53. The summed E-state index contributed by atoms with van der Waals surface area (Å²) in [4.78, 5) is 19.4. The number of benzene rings is 2. The van der Waals surface area contributed by atoms with Gasteiger partial charge in [0.25, 0.3) is 5.56 Å². The number of H-pyrrole nitrogens is 1. The number of hydrogen-bond acceptors (Lipinski definition) is 5. The molecule has 3 rings (SSSR count). The van der Waals surface area contributed by atoms with Gasteiger partial charge in [-0.2, -0.15) is 0 Å². The summed E-state index contributed by atoms with van der Waals surface area (Å²) in [5.41, 5.74) is 1.03. The monoisotopic (exact) mass is 402 g/mol. The zero-order valence-corrected chi connectivity index (χ0v) is 15.2. The lowest BCUT2D eigenvalue weighted by Gasteiger charge is -2.17. The Balaban J connectivity index is 2.19. The van der Waals surface area contributed by atoms with Gasteiger partial charge in [-0.25, -0.2) is 4.98 Å². The van der Waals surface area contributed by atoms with Gasteiger partial charge in [-0.15, -0.1) is 0 Å². The summed E-state index contributed by atoms with van der Waals surface area (Å²) in [5, 5.41) is 19.9. The Kier molecular flexibility index (Phi) is 4.94. The summed E-state index contributed by atoms with van der Waals surface area (Å²) >= 11 is 3.39. The number of hydrogen-bond donors (Lipinski definition) is 3. The average Bonchev–Trinajstić information content (AvgIpc) is 2.55. The van der Waals surface area contributed by atoms with Crippen molar-refractivity contribution in [1.29, 1.82) is 0 Å². The minimum Gasteiger partial charge on any atom is -0.490 e. The molecule has 6 nitrogen and oxygen atoms in total. The van der Waals surface area contributed by atoms with E-state index in [1.807, 2.05) is 13.8 Å². The first-order valence-electron chi connectivity index (χ1n) is 7.72. The summed E-state index contributed by atoms with van der Waals surface area (Å²) in [6, 6.07) is 10.3. The van der Waals surface area contributed by atoms with Gasteiger partial charge in [-0.3, -0.25) is 4.79 Å². The molecule has 0 saturated carbocycles. The second-order valence-corrected chi connectivity index (χ2v) is 6.70. The van der Waals surface area contributed by atoms with Crippen LogP contribution >= 0.6 is 15.9 Å². The molecule has 3 aromatic rings. The van der Waals surface area contributed by atoms with E-state index in [1.54, 1.807) is 36.4 Å². The van der Waals surface area contributed by atoms with Crippen LogP contribution in [0.5, 0.6) is 5.75 Å². The van der Waals surface area contributed by atoms with E-state index in [1.165, 1.54) is 0 Å². The normalized spacial score (nSPS) is 11.1. The molecule has 0 unspecified atom stereocenters. The van der Waals surface area contributed by atoms with Crippen molar-refractivity contribution >= 4 is 39.4 Å². The van der Waals surface area contributed by atoms with Crippen molar-refractivity contribution in [3.63, 3.8) is 0 Å². The fourth-order valence-corrected chi connectivity index (χ4v) is 3.10. The van der Waals surface area contributed by atoms with E-state index in [2.05, 4.69) is 25.9 Å². The first-order chi connectivity index (χ1) is 11.9. The number of para-hydroxylation sites is 1. The van der Waals surface area contributed by atoms with Crippen LogP contribution in [0.25, 0.3) is 22.3 Å². The average molecular weight is 403 g/mol. The zero-order chi connectivity index (χ0) is 18.1. The van der Waals surface area contributed by atoms with Crippen LogP contribution in [-0.2, 0) is 0 Å². The second kappa shape index (κ2) is 6.99. The Morgan fingerprint density at radius 2 is 1.96 bits per heavy atom. The highest BCUT2D eigenvalue weighted by molar-refractivity contribution is 9.10. The van der Waals surface area contributed by atoms with Crippen molar-refractivity contribution < 1.29 is 14.8 Å². The Labute approximate surface area is 152 Å². The summed E-state index contributed by atoms with van der Waals surface area (Å²) < 4.78 is 6.20. The predicted molar refractivity (Wildman–Crippen MR) is 101 cm³/mol. The molecular weight excluding hydrogens is 387 g/mol. The number of ether oxygens (including phenoxy) is 1. The Morgan fingerprint density at radius 1 is 1.24 bits per heavy atom. The van der Waals surface area contributed by atoms with E-state index in [4.69, 9.17) is 4.74 Å². The SMILES string of the molecule is CC(C)Oc1c(Br)cc(-c2nc3ccccc3c(=O)[nH]2)cc1B(O)O. The van der Waals surface area contributed by atoms with Crippen LogP contribution in [-0.4, -0.2) is 33.2 Å². The highest BCUT2D eigenvalue weighted by atomic mass is 79.9. The van der Waals surface area contributed by atoms with Crippen molar-refractivity contribution in [3.8, 4) is 17.1 Å². The van der Waals surface area contributed by atoms with Gasteiger partial charge in [0.15, 0.2) is 0 Å². The van der Waals surface area contributed by atoms with Crippen LogP contribution in [0.1, 0.15) is 13.8 Å². The highest BCUT2D eigenvalue weighted by Gasteiger charge is 2.23. The van der Waals surface area contributed by atoms with Crippen molar-refractivity contribution in [2.24, 2.45) is 0 Å². The largest absolute Gasteiger partial charge is 0.492 e. The van der Waals surface area contributed by atoms with Crippen molar-refractivity contribution in [2.45, 2.75) is 20.0 Å². The minimum absolute atomic E-state index is 0.141. The molecule has 3 N–H and O–H groups in total.